The van der Waals surface area contributed by atoms with E-state index in [1.807, 2.05) is 0 Å². The number of fused-ring (bicyclic) bond motifs is 1. The van der Waals surface area contributed by atoms with E-state index in [0.717, 1.165) is 38.4 Å². The zero-order valence-corrected chi connectivity index (χ0v) is 15.4. The molecule has 0 amide bonds. The molecule has 4 rings (SSSR count). The van der Waals surface area contributed by atoms with Crippen LogP contribution < -0.4 is 4.90 Å². The maximum Gasteiger partial charge on any atom is 0.104 e. The average molecular weight is 351 g/mol. The van der Waals surface area contributed by atoms with Crippen LogP contribution in [0.4, 0.5) is 0 Å². The van der Waals surface area contributed by atoms with Crippen molar-refractivity contribution in [1.29, 1.82) is 0 Å². The van der Waals surface area contributed by atoms with Gasteiger partial charge in [0.2, 0.25) is 0 Å². The summed E-state index contributed by atoms with van der Waals surface area (Å²) in [6, 6.07) is 19.6. The fourth-order valence-electron chi connectivity index (χ4n) is 3.55. The van der Waals surface area contributed by atoms with Crippen LogP contribution in [0.3, 0.4) is 0 Å². The van der Waals surface area contributed by atoms with Crippen molar-refractivity contribution in [2.24, 2.45) is 5.10 Å². The number of benzene rings is 2. The van der Waals surface area contributed by atoms with E-state index in [1.165, 1.54) is 21.2 Å². The molecule has 0 aliphatic carbocycles. The molecular weight excluding hydrogens is 326 g/mol. The van der Waals surface area contributed by atoms with Gasteiger partial charge in [-0.3, -0.25) is 5.01 Å². The van der Waals surface area contributed by atoms with Gasteiger partial charge in [-0.15, -0.1) is 11.3 Å². The van der Waals surface area contributed by atoms with Crippen LogP contribution in [-0.2, 0) is 6.54 Å². The molecule has 3 nitrogen and oxygen atoms in total. The van der Waals surface area contributed by atoms with Crippen molar-refractivity contribution in [2.75, 3.05) is 26.2 Å². The molecule has 1 aliphatic heterocycles. The summed E-state index contributed by atoms with van der Waals surface area (Å²) in [4.78, 5) is 2.92. The van der Waals surface area contributed by atoms with Crippen LogP contribution in [0.25, 0.3) is 10.8 Å². The van der Waals surface area contributed by atoms with Crippen molar-refractivity contribution in [3.63, 3.8) is 0 Å². The van der Waals surface area contributed by atoms with Crippen LogP contribution in [0.1, 0.15) is 17.4 Å². The summed E-state index contributed by atoms with van der Waals surface area (Å²) in [5.74, 6) is 0. The Morgan fingerprint density at radius 3 is 2.64 bits per heavy atom. The predicted octanol–water partition coefficient (Wildman–Crippen LogP) is 3.03. The number of hydrazone groups is 1. The quantitative estimate of drug-likeness (QED) is 0.717. The minimum atomic E-state index is 1.03. The zero-order chi connectivity index (χ0) is 17.1. The minimum absolute atomic E-state index is 1.03. The van der Waals surface area contributed by atoms with Crippen molar-refractivity contribution in [2.45, 2.75) is 13.5 Å². The van der Waals surface area contributed by atoms with E-state index in [9.17, 15) is 0 Å². The molecule has 0 spiro atoms. The summed E-state index contributed by atoms with van der Waals surface area (Å²) in [6.45, 7) is 7.56. The highest BCUT2D eigenvalue weighted by atomic mass is 32.1. The summed E-state index contributed by atoms with van der Waals surface area (Å²) in [5.41, 5.74) is 2.59. The first-order valence-electron chi connectivity index (χ1n) is 8.94. The lowest BCUT2D eigenvalue weighted by molar-refractivity contribution is -0.918. The fourth-order valence-corrected chi connectivity index (χ4v) is 4.22. The number of rotatable bonds is 4. The first-order chi connectivity index (χ1) is 12.3. The molecule has 0 bridgehead atoms. The van der Waals surface area contributed by atoms with E-state index in [0.29, 0.717) is 0 Å². The Hall–Kier alpha value is -2.17. The Balaban J connectivity index is 1.40. The van der Waals surface area contributed by atoms with Gasteiger partial charge in [-0.1, -0.05) is 48.5 Å². The Morgan fingerprint density at radius 1 is 1.04 bits per heavy atom. The average Bonchev–Trinajstić information content (AvgIpc) is 3.19. The van der Waals surface area contributed by atoms with Gasteiger partial charge < -0.3 is 4.90 Å². The Labute approximate surface area is 153 Å². The molecule has 2 aromatic carbocycles. The van der Waals surface area contributed by atoms with Gasteiger partial charge >= 0.3 is 0 Å². The predicted molar refractivity (Wildman–Crippen MR) is 106 cm³/mol. The molecule has 1 fully saturated rings. The summed E-state index contributed by atoms with van der Waals surface area (Å²) < 4.78 is 0. The van der Waals surface area contributed by atoms with Crippen molar-refractivity contribution in [3.05, 3.63) is 70.4 Å². The molecular formula is C21H24N3S+. The Morgan fingerprint density at radius 2 is 1.84 bits per heavy atom. The minimum Gasteiger partial charge on any atom is -0.328 e. The molecule has 0 unspecified atom stereocenters. The zero-order valence-electron chi connectivity index (χ0n) is 14.6. The Bertz CT molecular complexity index is 856. The van der Waals surface area contributed by atoms with Crippen molar-refractivity contribution < 1.29 is 4.90 Å². The molecule has 1 saturated heterocycles. The Kier molecular flexibility index (Phi) is 4.81. The van der Waals surface area contributed by atoms with Gasteiger partial charge in [0.25, 0.3) is 0 Å². The summed E-state index contributed by atoms with van der Waals surface area (Å²) in [5, 5.41) is 11.9. The molecule has 3 aromatic rings. The number of hydrogen-bond donors (Lipinski definition) is 1. The van der Waals surface area contributed by atoms with Gasteiger partial charge in [-0.25, -0.2) is 0 Å². The van der Waals surface area contributed by atoms with Gasteiger partial charge in [-0.05, 0) is 29.1 Å². The highest BCUT2D eigenvalue weighted by molar-refractivity contribution is 7.12. The number of hydrogen-bond acceptors (Lipinski definition) is 3. The smallest absolute Gasteiger partial charge is 0.104 e. The van der Waals surface area contributed by atoms with E-state index in [4.69, 9.17) is 5.10 Å². The van der Waals surface area contributed by atoms with Crippen molar-refractivity contribution in [1.82, 2.24) is 5.01 Å². The lowest BCUT2D eigenvalue weighted by Crippen LogP contribution is -3.13. The van der Waals surface area contributed by atoms with Gasteiger partial charge in [0.15, 0.2) is 0 Å². The molecule has 25 heavy (non-hydrogen) atoms. The lowest BCUT2D eigenvalue weighted by Gasteiger charge is -2.31. The number of quaternary nitrogens is 1. The summed E-state index contributed by atoms with van der Waals surface area (Å²) in [7, 11) is 0. The van der Waals surface area contributed by atoms with E-state index < -0.39 is 0 Å². The van der Waals surface area contributed by atoms with E-state index in [1.54, 1.807) is 16.2 Å². The first-order valence-corrected chi connectivity index (χ1v) is 9.82. The van der Waals surface area contributed by atoms with Crippen LogP contribution in [-0.4, -0.2) is 36.9 Å². The molecule has 0 saturated carbocycles. The molecule has 0 atom stereocenters. The van der Waals surface area contributed by atoms with Crippen molar-refractivity contribution >= 4 is 27.8 Å². The third-order valence-electron chi connectivity index (χ3n) is 4.94. The van der Waals surface area contributed by atoms with Gasteiger partial charge in [0.05, 0.1) is 31.9 Å². The third-order valence-corrected chi connectivity index (χ3v) is 5.92. The van der Waals surface area contributed by atoms with Crippen LogP contribution in [0.5, 0.6) is 0 Å². The van der Waals surface area contributed by atoms with Crippen LogP contribution in [0.2, 0.25) is 0 Å². The van der Waals surface area contributed by atoms with Crippen LogP contribution in [0, 0.1) is 0 Å². The monoisotopic (exact) mass is 350 g/mol. The van der Waals surface area contributed by atoms with E-state index in [-0.39, 0.29) is 0 Å². The highest BCUT2D eigenvalue weighted by Gasteiger charge is 2.20. The first kappa shape index (κ1) is 16.3. The molecule has 1 aromatic heterocycles. The molecule has 2 heterocycles. The number of thiophene rings is 1. The standard InChI is InChI=1S/C21H23N3S/c1-17(21-10-5-15-25-21)22-24-13-11-23(12-14-24)16-19-8-4-7-18-6-2-3-9-20(18)19/h2-10,15H,11-14,16H2,1H3/p+1/b22-17-. The van der Waals surface area contributed by atoms with Crippen LogP contribution in [0.15, 0.2) is 65.1 Å². The maximum absolute atomic E-state index is 4.82. The normalized spacial score (nSPS) is 16.5. The highest BCUT2D eigenvalue weighted by Crippen LogP contribution is 2.17. The maximum atomic E-state index is 4.82. The molecule has 128 valence electrons. The second-order valence-corrected chi connectivity index (χ2v) is 7.63. The second kappa shape index (κ2) is 7.38. The number of piperazine rings is 1. The lowest BCUT2D eigenvalue weighted by atomic mass is 10.0. The molecule has 1 N–H and O–H groups in total. The summed E-state index contributed by atoms with van der Waals surface area (Å²) >= 11 is 1.76. The SMILES string of the molecule is C/C(=N/N1CC[NH+](Cc2cccc3ccccc23)CC1)c1cccs1. The van der Waals surface area contributed by atoms with E-state index >= 15 is 0 Å². The molecule has 0 radical (unpaired) electrons. The van der Waals surface area contributed by atoms with Gasteiger partial charge in [0.1, 0.15) is 6.54 Å². The second-order valence-electron chi connectivity index (χ2n) is 6.68. The van der Waals surface area contributed by atoms with E-state index in [2.05, 4.69) is 71.9 Å². The number of nitrogens with one attached hydrogen (secondary N) is 1. The molecule has 4 heteroatoms. The van der Waals surface area contributed by atoms with Crippen molar-refractivity contribution in [3.8, 4) is 0 Å². The summed E-state index contributed by atoms with van der Waals surface area (Å²) in [6.07, 6.45) is 0. The van der Waals surface area contributed by atoms with Gasteiger partial charge in [-0.2, -0.15) is 5.10 Å². The van der Waals surface area contributed by atoms with Gasteiger partial charge in [0, 0.05) is 10.4 Å². The topological polar surface area (TPSA) is 20.0 Å². The van der Waals surface area contributed by atoms with Crippen LogP contribution >= 0.6 is 11.3 Å². The number of nitrogens with zero attached hydrogens (tertiary/aromatic N) is 2. The fraction of sp³-hybridized carbons (Fsp3) is 0.286. The largest absolute Gasteiger partial charge is 0.328 e. The third kappa shape index (κ3) is 3.75. The molecule has 1 aliphatic rings.